The Balaban J connectivity index is 1.97. The summed E-state index contributed by atoms with van der Waals surface area (Å²) in [6, 6.07) is 23.8. The van der Waals surface area contributed by atoms with E-state index in [1.54, 1.807) is 24.3 Å². The fourth-order valence-corrected chi connectivity index (χ4v) is 3.46. The molecule has 0 bridgehead atoms. The van der Waals surface area contributed by atoms with Gasteiger partial charge in [0, 0.05) is 5.56 Å². The molecule has 3 aromatic carbocycles. The summed E-state index contributed by atoms with van der Waals surface area (Å²) in [4.78, 5) is 31.2. The van der Waals surface area contributed by atoms with Crippen LogP contribution in [0.25, 0.3) is 39.1 Å². The van der Waals surface area contributed by atoms with Crippen LogP contribution in [0.1, 0.15) is 5.56 Å². The van der Waals surface area contributed by atoms with Crippen LogP contribution in [0.3, 0.4) is 0 Å². The van der Waals surface area contributed by atoms with Gasteiger partial charge in [0.05, 0.1) is 11.1 Å². The molecule has 0 spiro atoms. The molecule has 5 rings (SSSR count). The van der Waals surface area contributed by atoms with Gasteiger partial charge in [0.15, 0.2) is 11.2 Å². The second-order valence-electron chi connectivity index (χ2n) is 6.89. The summed E-state index contributed by atoms with van der Waals surface area (Å²) in [7, 11) is 0. The zero-order valence-electron chi connectivity index (χ0n) is 15.6. The van der Waals surface area contributed by atoms with Gasteiger partial charge in [0.2, 0.25) is 11.1 Å². The van der Waals surface area contributed by atoms with Crippen molar-refractivity contribution < 1.29 is 4.42 Å². The van der Waals surface area contributed by atoms with Gasteiger partial charge in [-0.15, -0.1) is 0 Å². The van der Waals surface area contributed by atoms with E-state index >= 15 is 0 Å². The molecule has 0 atom stereocenters. The average Bonchev–Trinajstić information content (AvgIpc) is 2.75. The molecule has 5 nitrogen and oxygen atoms in total. The molecular weight excluding hydrogens is 364 g/mol. The fraction of sp³-hybridized carbons (Fsp3) is 0.0417. The topological polar surface area (TPSA) is 65.1 Å². The van der Waals surface area contributed by atoms with Gasteiger partial charge < -0.3 is 4.42 Å². The molecule has 0 amide bonds. The van der Waals surface area contributed by atoms with Gasteiger partial charge in [0.25, 0.3) is 5.56 Å². The van der Waals surface area contributed by atoms with Crippen molar-refractivity contribution >= 4 is 22.1 Å². The number of para-hydroxylation sites is 2. The van der Waals surface area contributed by atoms with Crippen LogP contribution in [0.15, 0.2) is 92.9 Å². The van der Waals surface area contributed by atoms with Crippen molar-refractivity contribution in [2.24, 2.45) is 0 Å². The summed E-state index contributed by atoms with van der Waals surface area (Å²) >= 11 is 0. The SMILES string of the molecule is Cc1ccc(-c2nc3oc4ccccc4c(=O)c3c(=O)n2-c2ccccc2)cc1. The first-order chi connectivity index (χ1) is 14.1. The minimum atomic E-state index is -0.448. The maximum atomic E-state index is 13.5. The highest BCUT2D eigenvalue weighted by atomic mass is 16.3. The number of fused-ring (bicyclic) bond motifs is 2. The molecule has 0 aliphatic rings. The van der Waals surface area contributed by atoms with Crippen molar-refractivity contribution in [1.29, 1.82) is 0 Å². The van der Waals surface area contributed by atoms with Crippen LogP contribution in [0.4, 0.5) is 0 Å². The normalized spacial score (nSPS) is 11.2. The van der Waals surface area contributed by atoms with Crippen LogP contribution < -0.4 is 11.0 Å². The maximum absolute atomic E-state index is 13.5. The highest BCUT2D eigenvalue weighted by Gasteiger charge is 2.19. The Morgan fingerprint density at radius 3 is 2.28 bits per heavy atom. The minimum absolute atomic E-state index is 0.0430. The molecule has 0 radical (unpaired) electrons. The molecule has 2 heterocycles. The second kappa shape index (κ2) is 6.56. The highest BCUT2D eigenvalue weighted by molar-refractivity contribution is 5.88. The molecule has 0 N–H and O–H groups in total. The van der Waals surface area contributed by atoms with E-state index in [0.717, 1.165) is 11.1 Å². The van der Waals surface area contributed by atoms with Gasteiger partial charge in [0.1, 0.15) is 5.58 Å². The van der Waals surface area contributed by atoms with E-state index in [9.17, 15) is 9.59 Å². The third-order valence-corrected chi connectivity index (χ3v) is 4.94. The van der Waals surface area contributed by atoms with Crippen molar-refractivity contribution in [3.05, 3.63) is 105 Å². The van der Waals surface area contributed by atoms with Crippen molar-refractivity contribution in [1.82, 2.24) is 9.55 Å². The van der Waals surface area contributed by atoms with Crippen molar-refractivity contribution in [3.8, 4) is 17.1 Å². The Morgan fingerprint density at radius 1 is 0.828 bits per heavy atom. The molecule has 0 saturated carbocycles. The van der Waals surface area contributed by atoms with Gasteiger partial charge >= 0.3 is 0 Å². The van der Waals surface area contributed by atoms with Crippen LogP contribution in [-0.4, -0.2) is 9.55 Å². The lowest BCUT2D eigenvalue weighted by Gasteiger charge is -2.13. The Bertz CT molecular complexity index is 1480. The average molecular weight is 380 g/mol. The van der Waals surface area contributed by atoms with E-state index in [2.05, 4.69) is 4.98 Å². The zero-order valence-corrected chi connectivity index (χ0v) is 15.6. The standard InChI is InChI=1S/C24H16N2O3/c1-15-11-13-16(14-12-15)22-25-23-20(21(27)18-9-5-6-10-19(18)29-23)24(28)26(22)17-7-3-2-4-8-17/h2-14H,1H3. The van der Waals surface area contributed by atoms with Crippen LogP contribution in [-0.2, 0) is 0 Å². The Kier molecular flexibility index (Phi) is 3.88. The highest BCUT2D eigenvalue weighted by Crippen LogP contribution is 2.23. The molecule has 2 aromatic heterocycles. The number of aryl methyl sites for hydroxylation is 1. The quantitative estimate of drug-likeness (QED) is 0.424. The second-order valence-corrected chi connectivity index (χ2v) is 6.89. The van der Waals surface area contributed by atoms with Gasteiger partial charge in [-0.3, -0.25) is 14.2 Å². The lowest BCUT2D eigenvalue weighted by atomic mass is 10.1. The monoisotopic (exact) mass is 380 g/mol. The van der Waals surface area contributed by atoms with E-state index in [1.165, 1.54) is 4.57 Å². The molecule has 0 aliphatic carbocycles. The number of rotatable bonds is 2. The summed E-state index contributed by atoms with van der Waals surface area (Å²) in [6.45, 7) is 1.99. The van der Waals surface area contributed by atoms with E-state index in [-0.39, 0.29) is 16.5 Å². The first-order valence-corrected chi connectivity index (χ1v) is 9.24. The first kappa shape index (κ1) is 17.1. The Hall–Kier alpha value is -3.99. The number of hydrogen-bond acceptors (Lipinski definition) is 4. The summed E-state index contributed by atoms with van der Waals surface area (Å²) < 4.78 is 7.33. The Labute approximate surface area is 165 Å². The lowest BCUT2D eigenvalue weighted by Crippen LogP contribution is -2.26. The first-order valence-electron chi connectivity index (χ1n) is 9.24. The maximum Gasteiger partial charge on any atom is 0.273 e. The smallest absolute Gasteiger partial charge is 0.273 e. The molecule has 5 aromatic rings. The van der Waals surface area contributed by atoms with Crippen molar-refractivity contribution in [2.75, 3.05) is 0 Å². The number of benzene rings is 3. The van der Waals surface area contributed by atoms with Crippen molar-refractivity contribution in [3.63, 3.8) is 0 Å². The van der Waals surface area contributed by atoms with E-state index in [1.807, 2.05) is 61.5 Å². The predicted molar refractivity (Wildman–Crippen MR) is 114 cm³/mol. The van der Waals surface area contributed by atoms with Crippen molar-refractivity contribution in [2.45, 2.75) is 6.92 Å². The van der Waals surface area contributed by atoms with Gasteiger partial charge in [-0.1, -0.05) is 60.2 Å². The number of aromatic nitrogens is 2. The predicted octanol–water partition coefficient (Wildman–Crippen LogP) is 4.47. The molecule has 29 heavy (non-hydrogen) atoms. The number of hydrogen-bond donors (Lipinski definition) is 0. The van der Waals surface area contributed by atoms with Gasteiger partial charge in [-0.2, -0.15) is 4.98 Å². The molecule has 0 saturated heterocycles. The molecule has 140 valence electrons. The molecular formula is C24H16N2O3. The van der Waals surface area contributed by atoms with Crippen LogP contribution >= 0.6 is 0 Å². The van der Waals surface area contributed by atoms with Crippen LogP contribution in [0, 0.1) is 6.92 Å². The fourth-order valence-electron chi connectivity index (χ4n) is 3.46. The summed E-state index contributed by atoms with van der Waals surface area (Å²) in [6.07, 6.45) is 0. The van der Waals surface area contributed by atoms with Crippen LogP contribution in [0.2, 0.25) is 0 Å². The summed E-state index contributed by atoms with van der Waals surface area (Å²) in [5.74, 6) is 0.423. The number of nitrogens with zero attached hydrogens (tertiary/aromatic N) is 2. The third kappa shape index (κ3) is 2.75. The van der Waals surface area contributed by atoms with Gasteiger partial charge in [-0.25, -0.2) is 0 Å². The molecule has 5 heteroatoms. The third-order valence-electron chi connectivity index (χ3n) is 4.94. The molecule has 0 fully saturated rings. The van der Waals surface area contributed by atoms with Gasteiger partial charge in [-0.05, 0) is 31.2 Å². The van der Waals surface area contributed by atoms with Crippen LogP contribution in [0.5, 0.6) is 0 Å². The minimum Gasteiger partial charge on any atom is -0.437 e. The summed E-state index contributed by atoms with van der Waals surface area (Å²) in [5.41, 5.74) is 2.12. The zero-order chi connectivity index (χ0) is 20.0. The summed E-state index contributed by atoms with van der Waals surface area (Å²) in [5, 5.41) is 0.310. The van der Waals surface area contributed by atoms with E-state index in [4.69, 9.17) is 4.42 Å². The molecule has 0 unspecified atom stereocenters. The largest absolute Gasteiger partial charge is 0.437 e. The lowest BCUT2D eigenvalue weighted by molar-refractivity contribution is 0.641. The Morgan fingerprint density at radius 2 is 1.52 bits per heavy atom. The van der Waals surface area contributed by atoms with E-state index in [0.29, 0.717) is 22.5 Å². The van der Waals surface area contributed by atoms with E-state index < -0.39 is 5.56 Å². The molecule has 0 aliphatic heterocycles.